The predicted octanol–water partition coefficient (Wildman–Crippen LogP) is -0.0190. The Bertz CT molecular complexity index is 346. The van der Waals surface area contributed by atoms with E-state index in [1.54, 1.807) is 0 Å². The Morgan fingerprint density at radius 2 is 1.68 bits per heavy atom. The lowest BCUT2D eigenvalue weighted by atomic mass is 10.3. The molecule has 0 amide bonds. The van der Waals surface area contributed by atoms with E-state index in [1.807, 2.05) is 0 Å². The number of carbonyl (C=O) groups excluding carboxylic acids is 3. The van der Waals surface area contributed by atoms with E-state index < -0.39 is 17.9 Å². The van der Waals surface area contributed by atoms with Crippen molar-refractivity contribution in [2.75, 3.05) is 26.4 Å². The molecule has 1 rings (SSSR count). The largest absolute Gasteiger partial charge is 0.463 e. The van der Waals surface area contributed by atoms with Gasteiger partial charge in [-0.15, -0.1) is 0 Å². The van der Waals surface area contributed by atoms with Crippen LogP contribution in [0.25, 0.3) is 0 Å². The predicted molar refractivity (Wildman–Crippen MR) is 62.0 cm³/mol. The van der Waals surface area contributed by atoms with Gasteiger partial charge < -0.3 is 18.9 Å². The smallest absolute Gasteiger partial charge is 0.330 e. The summed E-state index contributed by atoms with van der Waals surface area (Å²) < 4.78 is 19.0. The zero-order chi connectivity index (χ0) is 14.1. The quantitative estimate of drug-likeness (QED) is 0.191. The molecule has 1 unspecified atom stereocenters. The summed E-state index contributed by atoms with van der Waals surface area (Å²) in [5.41, 5.74) is 0. The molecule has 0 bridgehead atoms. The molecule has 0 aromatic rings. The van der Waals surface area contributed by atoms with E-state index in [0.717, 1.165) is 6.08 Å². The van der Waals surface area contributed by atoms with Crippen LogP contribution in [0.3, 0.4) is 0 Å². The van der Waals surface area contributed by atoms with Crippen molar-refractivity contribution in [3.05, 3.63) is 12.7 Å². The van der Waals surface area contributed by atoms with Gasteiger partial charge in [-0.05, 0) is 0 Å². The second kappa shape index (κ2) is 8.25. The van der Waals surface area contributed by atoms with Gasteiger partial charge >= 0.3 is 17.9 Å². The summed E-state index contributed by atoms with van der Waals surface area (Å²) in [6.45, 7) is 3.96. The summed E-state index contributed by atoms with van der Waals surface area (Å²) in [6, 6.07) is 0. The first-order chi connectivity index (χ1) is 9.11. The fourth-order valence-corrected chi connectivity index (χ4v) is 1.06. The van der Waals surface area contributed by atoms with E-state index >= 15 is 0 Å². The minimum atomic E-state index is -0.582. The molecule has 1 saturated heterocycles. The molecular weight excluding hydrogens is 256 g/mol. The third kappa shape index (κ3) is 7.93. The van der Waals surface area contributed by atoms with E-state index in [2.05, 4.69) is 11.3 Å². The monoisotopic (exact) mass is 272 g/mol. The number of hydrogen-bond donors (Lipinski definition) is 0. The first kappa shape index (κ1) is 15.2. The highest BCUT2D eigenvalue weighted by molar-refractivity contribution is 5.81. The summed E-state index contributed by atoms with van der Waals surface area (Å²) in [6.07, 6.45) is 0.912. The molecule has 0 aromatic heterocycles. The Balaban J connectivity index is 1.95. The van der Waals surface area contributed by atoms with Crippen LogP contribution in [0.15, 0.2) is 12.7 Å². The van der Waals surface area contributed by atoms with Crippen LogP contribution in [0.1, 0.15) is 12.8 Å². The third-order valence-corrected chi connectivity index (χ3v) is 2.12. The SMILES string of the molecule is C=CC(=O)OCCOC(=O)CCC(=O)OCC1CO1. The van der Waals surface area contributed by atoms with Crippen molar-refractivity contribution >= 4 is 17.9 Å². The maximum atomic E-state index is 11.2. The topological polar surface area (TPSA) is 91.4 Å². The number of ether oxygens (including phenoxy) is 4. The summed E-state index contributed by atoms with van der Waals surface area (Å²) in [4.78, 5) is 33.0. The standard InChI is InChI=1S/C12H16O7/c1-2-10(13)16-5-6-17-11(14)3-4-12(15)19-8-9-7-18-9/h2,9H,1,3-8H2. The fourth-order valence-electron chi connectivity index (χ4n) is 1.06. The lowest BCUT2D eigenvalue weighted by Crippen LogP contribution is -2.15. The molecule has 106 valence electrons. The summed E-state index contributed by atoms with van der Waals surface area (Å²) in [7, 11) is 0. The molecule has 0 spiro atoms. The van der Waals surface area contributed by atoms with Crippen molar-refractivity contribution in [3.8, 4) is 0 Å². The van der Waals surface area contributed by atoms with Crippen molar-refractivity contribution in [2.24, 2.45) is 0 Å². The van der Waals surface area contributed by atoms with Crippen LogP contribution in [-0.4, -0.2) is 50.4 Å². The van der Waals surface area contributed by atoms with Gasteiger partial charge in [0.15, 0.2) is 0 Å². The van der Waals surface area contributed by atoms with Gasteiger partial charge in [-0.1, -0.05) is 6.58 Å². The van der Waals surface area contributed by atoms with Gasteiger partial charge in [-0.3, -0.25) is 9.59 Å². The van der Waals surface area contributed by atoms with Crippen LogP contribution in [0.2, 0.25) is 0 Å². The number of esters is 3. The van der Waals surface area contributed by atoms with Crippen molar-refractivity contribution < 1.29 is 33.3 Å². The van der Waals surface area contributed by atoms with Crippen molar-refractivity contribution in [3.63, 3.8) is 0 Å². The Labute approximate surface area is 110 Å². The van der Waals surface area contributed by atoms with Gasteiger partial charge in [0.1, 0.15) is 25.9 Å². The average Bonchev–Trinajstić information content (AvgIpc) is 3.22. The normalized spacial score (nSPS) is 16.3. The van der Waals surface area contributed by atoms with Crippen LogP contribution in [-0.2, 0) is 33.3 Å². The Kier molecular flexibility index (Phi) is 6.59. The third-order valence-electron chi connectivity index (χ3n) is 2.12. The van der Waals surface area contributed by atoms with Crippen LogP contribution in [0, 0.1) is 0 Å². The van der Waals surface area contributed by atoms with Gasteiger partial charge in [0.25, 0.3) is 0 Å². The number of hydrogen-bond acceptors (Lipinski definition) is 7. The minimum absolute atomic E-state index is 0.00967. The highest BCUT2D eigenvalue weighted by Gasteiger charge is 2.24. The molecule has 1 fully saturated rings. The molecule has 0 aromatic carbocycles. The Morgan fingerprint density at radius 3 is 2.26 bits per heavy atom. The first-order valence-electron chi connectivity index (χ1n) is 5.84. The molecule has 1 aliphatic heterocycles. The molecule has 1 heterocycles. The summed E-state index contributed by atoms with van der Waals surface area (Å²) in [5.74, 6) is -1.60. The molecule has 1 aliphatic rings. The molecule has 7 nitrogen and oxygen atoms in total. The lowest BCUT2D eigenvalue weighted by Gasteiger charge is -2.05. The average molecular weight is 272 g/mol. The molecule has 0 N–H and O–H groups in total. The highest BCUT2D eigenvalue weighted by atomic mass is 16.6. The van der Waals surface area contributed by atoms with Gasteiger partial charge in [0.05, 0.1) is 19.4 Å². The maximum absolute atomic E-state index is 11.2. The van der Waals surface area contributed by atoms with Crippen molar-refractivity contribution in [1.82, 2.24) is 0 Å². The van der Waals surface area contributed by atoms with Crippen LogP contribution in [0.5, 0.6) is 0 Å². The molecule has 0 aliphatic carbocycles. The van der Waals surface area contributed by atoms with Gasteiger partial charge in [-0.25, -0.2) is 4.79 Å². The van der Waals surface area contributed by atoms with Crippen LogP contribution >= 0.6 is 0 Å². The zero-order valence-electron chi connectivity index (χ0n) is 10.5. The Hall–Kier alpha value is -1.89. The van der Waals surface area contributed by atoms with Gasteiger partial charge in [0.2, 0.25) is 0 Å². The number of rotatable bonds is 9. The van der Waals surface area contributed by atoms with Crippen LogP contribution in [0.4, 0.5) is 0 Å². The van der Waals surface area contributed by atoms with Gasteiger partial charge in [0, 0.05) is 6.08 Å². The summed E-state index contributed by atoms with van der Waals surface area (Å²) in [5, 5.41) is 0. The van der Waals surface area contributed by atoms with Crippen molar-refractivity contribution in [1.29, 1.82) is 0 Å². The molecule has 7 heteroatoms. The molecule has 0 saturated carbocycles. The van der Waals surface area contributed by atoms with E-state index in [9.17, 15) is 14.4 Å². The molecule has 1 atom stereocenters. The highest BCUT2D eigenvalue weighted by Crippen LogP contribution is 2.09. The van der Waals surface area contributed by atoms with E-state index in [-0.39, 0.29) is 38.8 Å². The number of carbonyl (C=O) groups is 3. The van der Waals surface area contributed by atoms with E-state index in [1.165, 1.54) is 0 Å². The molecular formula is C12H16O7. The van der Waals surface area contributed by atoms with Gasteiger partial charge in [-0.2, -0.15) is 0 Å². The van der Waals surface area contributed by atoms with Crippen LogP contribution < -0.4 is 0 Å². The fraction of sp³-hybridized carbons (Fsp3) is 0.583. The van der Waals surface area contributed by atoms with Crippen molar-refractivity contribution in [2.45, 2.75) is 18.9 Å². The zero-order valence-corrected chi connectivity index (χ0v) is 10.5. The second-order valence-corrected chi connectivity index (χ2v) is 3.73. The maximum Gasteiger partial charge on any atom is 0.330 e. The molecule has 0 radical (unpaired) electrons. The lowest BCUT2D eigenvalue weighted by molar-refractivity contribution is -0.152. The Morgan fingerprint density at radius 1 is 1.11 bits per heavy atom. The summed E-state index contributed by atoms with van der Waals surface area (Å²) >= 11 is 0. The number of epoxide rings is 1. The minimum Gasteiger partial charge on any atom is -0.463 e. The second-order valence-electron chi connectivity index (χ2n) is 3.73. The first-order valence-corrected chi connectivity index (χ1v) is 5.84. The van der Waals surface area contributed by atoms with E-state index in [4.69, 9.17) is 14.2 Å². The molecule has 19 heavy (non-hydrogen) atoms. The van der Waals surface area contributed by atoms with E-state index in [0.29, 0.717) is 6.61 Å².